The molecule has 1 fully saturated rings. The highest BCUT2D eigenvalue weighted by Gasteiger charge is 2.37. The second kappa shape index (κ2) is 11.3. The zero-order valence-corrected chi connectivity index (χ0v) is 21.4. The minimum absolute atomic E-state index is 0.159. The van der Waals surface area contributed by atoms with Gasteiger partial charge in [-0.15, -0.1) is 0 Å². The highest BCUT2D eigenvalue weighted by Crippen LogP contribution is 2.24. The van der Waals surface area contributed by atoms with E-state index in [0.717, 1.165) is 34.1 Å². The summed E-state index contributed by atoms with van der Waals surface area (Å²) in [6.45, 7) is 2.43. The van der Waals surface area contributed by atoms with Crippen LogP contribution in [-0.4, -0.2) is 46.2 Å². The lowest BCUT2D eigenvalue weighted by Crippen LogP contribution is -2.53. The van der Waals surface area contributed by atoms with E-state index in [1.165, 1.54) is 0 Å². The molecule has 1 aromatic heterocycles. The van der Waals surface area contributed by atoms with Crippen molar-refractivity contribution in [2.24, 2.45) is 0 Å². The molecular formula is C31H32N4O3. The van der Waals surface area contributed by atoms with Crippen LogP contribution < -0.4 is 10.6 Å². The van der Waals surface area contributed by atoms with Crippen LogP contribution in [-0.2, 0) is 27.2 Å². The summed E-state index contributed by atoms with van der Waals surface area (Å²) >= 11 is 0. The number of nitrogens with one attached hydrogen (secondary N) is 3. The number of fused-ring (bicyclic) bond motifs is 1. The van der Waals surface area contributed by atoms with Gasteiger partial charge < -0.3 is 20.5 Å². The molecule has 3 N–H and O–H groups in total. The summed E-state index contributed by atoms with van der Waals surface area (Å²) in [5, 5.41) is 6.94. The number of carbonyl (C=O) groups excluding carboxylic acids is 3. The molecule has 3 amide bonds. The number of likely N-dealkylation sites (tertiary alicyclic amines) is 1. The highest BCUT2D eigenvalue weighted by molar-refractivity contribution is 5.99. The van der Waals surface area contributed by atoms with Gasteiger partial charge in [0.2, 0.25) is 17.7 Å². The van der Waals surface area contributed by atoms with Crippen LogP contribution in [0.1, 0.15) is 29.7 Å². The molecule has 0 spiro atoms. The van der Waals surface area contributed by atoms with E-state index >= 15 is 0 Å². The van der Waals surface area contributed by atoms with E-state index in [2.05, 4.69) is 15.6 Å². The third-order valence-electron chi connectivity index (χ3n) is 7.16. The van der Waals surface area contributed by atoms with Crippen molar-refractivity contribution in [2.75, 3.05) is 11.9 Å². The lowest BCUT2D eigenvalue weighted by molar-refractivity contribution is -0.140. The number of amides is 3. The van der Waals surface area contributed by atoms with Crippen molar-refractivity contribution in [3.8, 4) is 0 Å². The average Bonchev–Trinajstić information content (AvgIpc) is 3.54. The number of carbonyl (C=O) groups is 3. The van der Waals surface area contributed by atoms with E-state index in [1.54, 1.807) is 4.90 Å². The number of rotatable bonds is 8. The Hall–Kier alpha value is -4.39. The molecule has 7 heteroatoms. The Morgan fingerprint density at radius 1 is 0.947 bits per heavy atom. The number of aromatic nitrogens is 1. The Bertz CT molecular complexity index is 1430. The molecule has 38 heavy (non-hydrogen) atoms. The minimum atomic E-state index is -0.777. The smallest absolute Gasteiger partial charge is 0.247 e. The molecule has 1 aliphatic heterocycles. The summed E-state index contributed by atoms with van der Waals surface area (Å²) in [6.07, 6.45) is 1.83. The summed E-state index contributed by atoms with van der Waals surface area (Å²) in [7, 11) is 0. The fraction of sp³-hybridized carbons (Fsp3) is 0.258. The lowest BCUT2D eigenvalue weighted by atomic mass is 10.0. The predicted octanol–water partition coefficient (Wildman–Crippen LogP) is 4.38. The van der Waals surface area contributed by atoms with Crippen LogP contribution in [0.3, 0.4) is 0 Å². The molecule has 0 radical (unpaired) electrons. The van der Waals surface area contributed by atoms with Gasteiger partial charge in [-0.3, -0.25) is 14.4 Å². The molecule has 0 unspecified atom stereocenters. The number of aryl methyl sites for hydroxylation is 1. The molecule has 1 aliphatic rings. The SMILES string of the molecule is Cc1[nH]c2ccccc2c1CC(=O)N[C@@H](Cc1ccccc1)C(=O)N1CCC[C@H]1C(=O)Nc1ccccc1. The van der Waals surface area contributed by atoms with E-state index < -0.39 is 12.1 Å². The van der Waals surface area contributed by atoms with Crippen molar-refractivity contribution in [1.82, 2.24) is 15.2 Å². The van der Waals surface area contributed by atoms with Crippen LogP contribution in [0.2, 0.25) is 0 Å². The number of aromatic amines is 1. The monoisotopic (exact) mass is 508 g/mol. The Labute approximate surface area is 222 Å². The maximum atomic E-state index is 13.9. The van der Waals surface area contributed by atoms with Crippen LogP contribution in [0.25, 0.3) is 10.9 Å². The highest BCUT2D eigenvalue weighted by atomic mass is 16.2. The topological polar surface area (TPSA) is 94.3 Å². The van der Waals surface area contributed by atoms with Gasteiger partial charge in [-0.05, 0) is 49.1 Å². The molecular weight excluding hydrogens is 476 g/mol. The molecule has 0 aliphatic carbocycles. The van der Waals surface area contributed by atoms with Crippen molar-refractivity contribution in [2.45, 2.75) is 44.7 Å². The van der Waals surface area contributed by atoms with Crippen LogP contribution >= 0.6 is 0 Å². The third kappa shape index (κ3) is 5.62. The zero-order chi connectivity index (χ0) is 26.5. The van der Waals surface area contributed by atoms with Crippen molar-refractivity contribution in [1.29, 1.82) is 0 Å². The lowest BCUT2D eigenvalue weighted by Gasteiger charge is -2.29. The fourth-order valence-electron chi connectivity index (χ4n) is 5.27. The number of nitrogens with zero attached hydrogens (tertiary/aromatic N) is 1. The minimum Gasteiger partial charge on any atom is -0.358 e. The standard InChI is InChI=1S/C31H32N4O3/c1-21-25(24-15-8-9-16-26(24)32-21)20-29(36)34-27(19-22-11-4-2-5-12-22)31(38)35-18-10-17-28(35)30(37)33-23-13-6-3-7-14-23/h2-9,11-16,27-28,32H,10,17-20H2,1H3,(H,33,37)(H,34,36)/t27-,28-/m0/s1. The average molecular weight is 509 g/mol. The Kier molecular flexibility index (Phi) is 7.54. The van der Waals surface area contributed by atoms with E-state index in [-0.39, 0.29) is 24.1 Å². The molecule has 0 bridgehead atoms. The van der Waals surface area contributed by atoms with Crippen molar-refractivity contribution < 1.29 is 14.4 Å². The maximum Gasteiger partial charge on any atom is 0.247 e. The van der Waals surface area contributed by atoms with E-state index in [9.17, 15) is 14.4 Å². The predicted molar refractivity (Wildman–Crippen MR) is 149 cm³/mol. The molecule has 2 heterocycles. The van der Waals surface area contributed by atoms with Gasteiger partial charge in [-0.2, -0.15) is 0 Å². The maximum absolute atomic E-state index is 13.9. The summed E-state index contributed by atoms with van der Waals surface area (Å²) < 4.78 is 0. The molecule has 7 nitrogen and oxygen atoms in total. The third-order valence-corrected chi connectivity index (χ3v) is 7.16. The van der Waals surface area contributed by atoms with Gasteiger partial charge in [0, 0.05) is 35.2 Å². The van der Waals surface area contributed by atoms with Gasteiger partial charge in [-0.25, -0.2) is 0 Å². The molecule has 3 aromatic carbocycles. The van der Waals surface area contributed by atoms with Gasteiger partial charge in [0.15, 0.2) is 0 Å². The second-order valence-corrected chi connectivity index (χ2v) is 9.81. The zero-order valence-electron chi connectivity index (χ0n) is 21.4. The first-order chi connectivity index (χ1) is 18.5. The van der Waals surface area contributed by atoms with Gasteiger partial charge in [0.25, 0.3) is 0 Å². The van der Waals surface area contributed by atoms with E-state index in [4.69, 9.17) is 0 Å². The molecule has 2 atom stereocenters. The summed E-state index contributed by atoms with van der Waals surface area (Å²) in [6, 6.07) is 25.4. The van der Waals surface area contributed by atoms with E-state index in [0.29, 0.717) is 25.1 Å². The first kappa shape index (κ1) is 25.3. The van der Waals surface area contributed by atoms with Gasteiger partial charge in [0.05, 0.1) is 6.42 Å². The first-order valence-corrected chi connectivity index (χ1v) is 13.1. The normalized spacial score (nSPS) is 15.8. The summed E-state index contributed by atoms with van der Waals surface area (Å²) in [5.41, 5.74) is 4.47. The number of benzene rings is 3. The molecule has 0 saturated carbocycles. The number of para-hydroxylation sites is 2. The number of anilines is 1. The first-order valence-electron chi connectivity index (χ1n) is 13.1. The van der Waals surface area contributed by atoms with Gasteiger partial charge in [0.1, 0.15) is 12.1 Å². The van der Waals surface area contributed by atoms with Crippen LogP contribution in [0.15, 0.2) is 84.9 Å². The Morgan fingerprint density at radius 3 is 2.39 bits per heavy atom. The second-order valence-electron chi connectivity index (χ2n) is 9.81. The molecule has 4 aromatic rings. The van der Waals surface area contributed by atoms with Gasteiger partial charge >= 0.3 is 0 Å². The van der Waals surface area contributed by atoms with Crippen molar-refractivity contribution >= 4 is 34.3 Å². The molecule has 5 rings (SSSR count). The number of H-pyrrole nitrogens is 1. The van der Waals surface area contributed by atoms with E-state index in [1.807, 2.05) is 91.9 Å². The Balaban J connectivity index is 1.34. The number of hydrogen-bond acceptors (Lipinski definition) is 3. The van der Waals surface area contributed by atoms with Crippen LogP contribution in [0.5, 0.6) is 0 Å². The van der Waals surface area contributed by atoms with Crippen LogP contribution in [0.4, 0.5) is 5.69 Å². The van der Waals surface area contributed by atoms with Gasteiger partial charge in [-0.1, -0.05) is 66.7 Å². The summed E-state index contributed by atoms with van der Waals surface area (Å²) in [4.78, 5) is 45.2. The largest absolute Gasteiger partial charge is 0.358 e. The fourth-order valence-corrected chi connectivity index (χ4v) is 5.27. The molecule has 1 saturated heterocycles. The quantitative estimate of drug-likeness (QED) is 0.330. The summed E-state index contributed by atoms with van der Waals surface area (Å²) in [5.74, 6) is -0.665. The Morgan fingerprint density at radius 2 is 1.63 bits per heavy atom. The van der Waals surface area contributed by atoms with Crippen molar-refractivity contribution in [3.05, 3.63) is 102 Å². The number of hydrogen-bond donors (Lipinski definition) is 3. The van der Waals surface area contributed by atoms with Crippen LogP contribution in [0, 0.1) is 6.92 Å². The molecule has 194 valence electrons. The van der Waals surface area contributed by atoms with Crippen molar-refractivity contribution in [3.63, 3.8) is 0 Å².